The number of aliphatic hydroxyl groups is 1. The lowest BCUT2D eigenvalue weighted by Gasteiger charge is -2.37. The molecule has 2 heterocycles. The number of hydrogen-bond donors (Lipinski definition) is 2. The van der Waals surface area contributed by atoms with Crippen LogP contribution >= 0.6 is 0 Å². The van der Waals surface area contributed by atoms with Gasteiger partial charge in [-0.25, -0.2) is 0 Å². The number of carbonyl (C=O) groups is 2. The number of benzene rings is 1. The van der Waals surface area contributed by atoms with Gasteiger partial charge in [0.05, 0.1) is 13.1 Å². The number of β-amino-alcohol motifs (C(OH)–C–C–N with tert-alkyl or cyclic N) is 1. The molecule has 0 radical (unpaired) electrons. The summed E-state index contributed by atoms with van der Waals surface area (Å²) in [7, 11) is 0. The highest BCUT2D eigenvalue weighted by molar-refractivity contribution is 5.86. The first-order chi connectivity index (χ1) is 12.0. The van der Waals surface area contributed by atoms with Crippen molar-refractivity contribution < 1.29 is 19.2 Å². The predicted molar refractivity (Wildman–Crippen MR) is 90.2 cm³/mol. The topological polar surface area (TPSA) is 95.7 Å². The lowest BCUT2D eigenvalue weighted by molar-refractivity contribution is -0.150. The van der Waals surface area contributed by atoms with E-state index in [1.54, 1.807) is 6.07 Å². The first kappa shape index (κ1) is 17.2. The molecule has 2 aromatic rings. The highest BCUT2D eigenvalue weighted by Gasteiger charge is 2.40. The van der Waals surface area contributed by atoms with Gasteiger partial charge in [0.15, 0.2) is 11.4 Å². The predicted octanol–water partition coefficient (Wildman–Crippen LogP) is 1.33. The van der Waals surface area contributed by atoms with Crippen molar-refractivity contribution in [1.29, 1.82) is 0 Å². The van der Waals surface area contributed by atoms with E-state index in [2.05, 4.69) is 10.5 Å². The van der Waals surface area contributed by atoms with Crippen molar-refractivity contribution in [2.24, 2.45) is 0 Å². The average Bonchev–Trinajstić information content (AvgIpc) is 3.09. The minimum atomic E-state index is -1.56. The van der Waals surface area contributed by atoms with Crippen molar-refractivity contribution in [3.05, 3.63) is 42.1 Å². The maximum Gasteiger partial charge on any atom is 0.254 e. The number of nitrogens with zero attached hydrogens (tertiary/aromatic N) is 2. The number of hydrogen-bond acceptors (Lipinski definition) is 5. The van der Waals surface area contributed by atoms with Crippen molar-refractivity contribution in [1.82, 2.24) is 15.4 Å². The molecule has 1 fully saturated rings. The number of rotatable bonds is 4. The Kier molecular flexibility index (Phi) is 4.85. The van der Waals surface area contributed by atoms with Crippen LogP contribution in [0.3, 0.4) is 0 Å². The summed E-state index contributed by atoms with van der Waals surface area (Å²) >= 11 is 0. The standard InChI is InChI=1S/C18H21N3O4/c1-13(22)21-9-5-8-18(24,12-21)17(23)19-11-15-10-16(25-20-15)14-6-3-2-4-7-14/h2-4,6-7,10,24H,5,8-9,11-12H2,1H3,(H,19,23). The Labute approximate surface area is 145 Å². The fourth-order valence-electron chi connectivity index (χ4n) is 2.96. The van der Waals surface area contributed by atoms with Gasteiger partial charge in [0, 0.05) is 25.1 Å². The van der Waals surface area contributed by atoms with Crippen LogP contribution in [0.5, 0.6) is 0 Å². The number of aromatic nitrogens is 1. The molecular weight excluding hydrogens is 322 g/mol. The molecule has 132 valence electrons. The molecule has 1 unspecified atom stereocenters. The van der Waals surface area contributed by atoms with Crippen LogP contribution < -0.4 is 5.32 Å². The van der Waals surface area contributed by atoms with Crippen molar-refractivity contribution in [3.63, 3.8) is 0 Å². The van der Waals surface area contributed by atoms with Gasteiger partial charge in [-0.2, -0.15) is 0 Å². The quantitative estimate of drug-likeness (QED) is 0.873. The van der Waals surface area contributed by atoms with E-state index in [0.29, 0.717) is 30.8 Å². The van der Waals surface area contributed by atoms with Gasteiger partial charge in [-0.3, -0.25) is 9.59 Å². The largest absolute Gasteiger partial charge is 0.378 e. The van der Waals surface area contributed by atoms with Crippen molar-refractivity contribution in [2.75, 3.05) is 13.1 Å². The number of amides is 2. The first-order valence-corrected chi connectivity index (χ1v) is 8.25. The first-order valence-electron chi connectivity index (χ1n) is 8.25. The van der Waals surface area contributed by atoms with Gasteiger partial charge >= 0.3 is 0 Å². The smallest absolute Gasteiger partial charge is 0.254 e. The van der Waals surface area contributed by atoms with Gasteiger partial charge in [-0.15, -0.1) is 0 Å². The molecule has 0 aliphatic carbocycles. The third-order valence-corrected chi connectivity index (χ3v) is 4.39. The zero-order valence-corrected chi connectivity index (χ0v) is 14.1. The van der Waals surface area contributed by atoms with Crippen LogP contribution in [0.2, 0.25) is 0 Å². The number of nitrogens with one attached hydrogen (secondary N) is 1. The molecule has 7 heteroatoms. The summed E-state index contributed by atoms with van der Waals surface area (Å²) in [4.78, 5) is 25.4. The molecular formula is C18H21N3O4. The molecule has 1 aromatic carbocycles. The second-order valence-electron chi connectivity index (χ2n) is 6.31. The summed E-state index contributed by atoms with van der Waals surface area (Å²) in [5, 5.41) is 17.2. The van der Waals surface area contributed by atoms with Gasteiger partial charge < -0.3 is 19.8 Å². The Bertz CT molecular complexity index is 759. The SMILES string of the molecule is CC(=O)N1CCCC(O)(C(=O)NCc2cc(-c3ccccc3)on2)C1. The van der Waals surface area contributed by atoms with Gasteiger partial charge in [0.2, 0.25) is 5.91 Å². The summed E-state index contributed by atoms with van der Waals surface area (Å²) in [6.45, 7) is 2.17. The monoisotopic (exact) mass is 343 g/mol. The Hall–Kier alpha value is -2.67. The van der Waals surface area contributed by atoms with Crippen LogP contribution in [-0.2, 0) is 16.1 Å². The van der Waals surface area contributed by atoms with Crippen molar-refractivity contribution in [2.45, 2.75) is 31.9 Å². The minimum absolute atomic E-state index is 0.0161. The number of carbonyl (C=O) groups excluding carboxylic acids is 2. The molecule has 1 aromatic heterocycles. The molecule has 0 spiro atoms. The van der Waals surface area contributed by atoms with Gasteiger partial charge in [-0.1, -0.05) is 35.5 Å². The zero-order valence-electron chi connectivity index (χ0n) is 14.1. The maximum absolute atomic E-state index is 12.4. The molecule has 2 amide bonds. The highest BCUT2D eigenvalue weighted by atomic mass is 16.5. The molecule has 3 rings (SSSR count). The fraction of sp³-hybridized carbons (Fsp3) is 0.389. The molecule has 1 aliphatic heterocycles. The van der Waals surface area contributed by atoms with Crippen molar-refractivity contribution >= 4 is 11.8 Å². The maximum atomic E-state index is 12.4. The molecule has 1 aliphatic rings. The fourth-order valence-corrected chi connectivity index (χ4v) is 2.96. The molecule has 2 N–H and O–H groups in total. The van der Waals surface area contributed by atoms with Gasteiger partial charge in [0.25, 0.3) is 5.91 Å². The average molecular weight is 343 g/mol. The summed E-state index contributed by atoms with van der Waals surface area (Å²) in [6, 6.07) is 11.3. The minimum Gasteiger partial charge on any atom is -0.378 e. The second kappa shape index (κ2) is 7.06. The third-order valence-electron chi connectivity index (χ3n) is 4.39. The molecule has 25 heavy (non-hydrogen) atoms. The summed E-state index contributed by atoms with van der Waals surface area (Å²) in [6.07, 6.45) is 0.919. The molecule has 0 saturated carbocycles. The molecule has 7 nitrogen and oxygen atoms in total. The molecule has 1 atom stereocenters. The van der Waals surface area contributed by atoms with E-state index in [9.17, 15) is 14.7 Å². The van der Waals surface area contributed by atoms with Gasteiger partial charge in [-0.05, 0) is 12.8 Å². The number of piperidine rings is 1. The van der Waals surface area contributed by atoms with E-state index in [1.165, 1.54) is 11.8 Å². The van der Waals surface area contributed by atoms with E-state index in [-0.39, 0.29) is 19.0 Å². The Balaban J connectivity index is 1.61. The zero-order chi connectivity index (χ0) is 17.9. The summed E-state index contributed by atoms with van der Waals surface area (Å²) < 4.78 is 5.29. The van der Waals surface area contributed by atoms with Crippen LogP contribution in [0.15, 0.2) is 40.9 Å². The molecule has 0 bridgehead atoms. The Morgan fingerprint density at radius 3 is 2.84 bits per heavy atom. The van der Waals surface area contributed by atoms with E-state index in [0.717, 1.165) is 5.56 Å². The molecule has 1 saturated heterocycles. The van der Waals surface area contributed by atoms with E-state index >= 15 is 0 Å². The van der Waals surface area contributed by atoms with Crippen LogP contribution in [-0.4, -0.2) is 45.7 Å². The Morgan fingerprint density at radius 2 is 2.12 bits per heavy atom. The third kappa shape index (κ3) is 3.88. The number of likely N-dealkylation sites (tertiary alicyclic amines) is 1. The van der Waals surface area contributed by atoms with Crippen LogP contribution in [0, 0.1) is 0 Å². The van der Waals surface area contributed by atoms with Crippen LogP contribution in [0.4, 0.5) is 0 Å². The lowest BCUT2D eigenvalue weighted by atomic mass is 9.92. The van der Waals surface area contributed by atoms with E-state index < -0.39 is 11.5 Å². The van der Waals surface area contributed by atoms with Gasteiger partial charge in [0.1, 0.15) is 5.69 Å². The normalized spacial score (nSPS) is 20.3. The van der Waals surface area contributed by atoms with E-state index in [1.807, 2.05) is 30.3 Å². The summed E-state index contributed by atoms with van der Waals surface area (Å²) in [5.41, 5.74) is -0.0961. The van der Waals surface area contributed by atoms with Crippen molar-refractivity contribution in [3.8, 4) is 11.3 Å². The second-order valence-corrected chi connectivity index (χ2v) is 6.31. The van der Waals surface area contributed by atoms with Crippen LogP contribution in [0.1, 0.15) is 25.5 Å². The van der Waals surface area contributed by atoms with E-state index in [4.69, 9.17) is 4.52 Å². The lowest BCUT2D eigenvalue weighted by Crippen LogP contribution is -2.57. The Morgan fingerprint density at radius 1 is 1.36 bits per heavy atom. The highest BCUT2D eigenvalue weighted by Crippen LogP contribution is 2.22. The van der Waals surface area contributed by atoms with Crippen LogP contribution in [0.25, 0.3) is 11.3 Å². The summed E-state index contributed by atoms with van der Waals surface area (Å²) in [5.74, 6) is -0.0263.